The quantitative estimate of drug-likeness (QED) is 0.788. The summed E-state index contributed by atoms with van der Waals surface area (Å²) in [5.74, 6) is 0.0361. The summed E-state index contributed by atoms with van der Waals surface area (Å²) in [5, 5.41) is 9.24. The van der Waals surface area contributed by atoms with Crippen molar-refractivity contribution in [2.75, 3.05) is 24.5 Å². The van der Waals surface area contributed by atoms with Crippen LogP contribution < -0.4 is 4.90 Å². The Balaban J connectivity index is 1.83. The molecule has 134 valence electrons. The molecular formula is C22H25N3O. The molecule has 26 heavy (non-hydrogen) atoms. The first-order valence-corrected chi connectivity index (χ1v) is 9.00. The smallest absolute Gasteiger partial charge is 0.161 e. The van der Waals surface area contributed by atoms with Gasteiger partial charge in [-0.25, -0.2) is 0 Å². The maximum absolute atomic E-state index is 12.1. The van der Waals surface area contributed by atoms with Gasteiger partial charge in [0.2, 0.25) is 0 Å². The van der Waals surface area contributed by atoms with Crippen molar-refractivity contribution in [3.63, 3.8) is 0 Å². The van der Waals surface area contributed by atoms with Gasteiger partial charge in [-0.3, -0.25) is 9.69 Å². The third-order valence-corrected chi connectivity index (χ3v) is 5.14. The standard InChI is InChI=1S/C22H25N3O/c1-17(26)20-10-9-19(14-23)13-21(20)24-11-12-25(22(2,3)16-24)15-18-7-5-4-6-8-18/h4-10,13H,11-12,15-16H2,1-3H3. The van der Waals surface area contributed by atoms with E-state index in [1.54, 1.807) is 19.1 Å². The number of carbonyl (C=O) groups excluding carboxylic acids is 1. The minimum Gasteiger partial charge on any atom is -0.368 e. The molecule has 0 N–H and O–H groups in total. The van der Waals surface area contributed by atoms with Crippen LogP contribution in [0.4, 0.5) is 5.69 Å². The van der Waals surface area contributed by atoms with Crippen molar-refractivity contribution in [1.82, 2.24) is 4.90 Å². The zero-order valence-electron chi connectivity index (χ0n) is 15.7. The van der Waals surface area contributed by atoms with Gasteiger partial charge in [-0.05, 0) is 44.5 Å². The maximum atomic E-state index is 12.1. The molecule has 1 fully saturated rings. The van der Waals surface area contributed by atoms with Crippen LogP contribution in [-0.4, -0.2) is 35.9 Å². The van der Waals surface area contributed by atoms with Gasteiger partial charge in [0.25, 0.3) is 0 Å². The number of piperazine rings is 1. The average molecular weight is 347 g/mol. The van der Waals surface area contributed by atoms with E-state index in [1.807, 2.05) is 12.1 Å². The summed E-state index contributed by atoms with van der Waals surface area (Å²) in [6.45, 7) is 9.55. The van der Waals surface area contributed by atoms with Crippen LogP contribution in [-0.2, 0) is 6.54 Å². The van der Waals surface area contributed by atoms with Crippen LogP contribution in [0.3, 0.4) is 0 Å². The van der Waals surface area contributed by atoms with E-state index in [4.69, 9.17) is 0 Å². The van der Waals surface area contributed by atoms with Gasteiger partial charge < -0.3 is 4.90 Å². The van der Waals surface area contributed by atoms with Crippen LogP contribution in [0.1, 0.15) is 42.3 Å². The number of anilines is 1. The fraction of sp³-hybridized carbons (Fsp3) is 0.364. The van der Waals surface area contributed by atoms with E-state index in [0.29, 0.717) is 11.1 Å². The van der Waals surface area contributed by atoms with E-state index in [2.05, 4.69) is 54.0 Å². The third-order valence-electron chi connectivity index (χ3n) is 5.14. The van der Waals surface area contributed by atoms with Gasteiger partial charge >= 0.3 is 0 Å². The van der Waals surface area contributed by atoms with E-state index >= 15 is 0 Å². The molecule has 1 heterocycles. The molecule has 0 aliphatic carbocycles. The summed E-state index contributed by atoms with van der Waals surface area (Å²) in [5.41, 5.74) is 3.44. The summed E-state index contributed by atoms with van der Waals surface area (Å²) in [6.07, 6.45) is 0. The Kier molecular flexibility index (Phi) is 5.11. The zero-order valence-corrected chi connectivity index (χ0v) is 15.7. The molecule has 4 nitrogen and oxygen atoms in total. The Labute approximate surface area is 155 Å². The first kappa shape index (κ1) is 18.2. The van der Waals surface area contributed by atoms with Crippen molar-refractivity contribution >= 4 is 11.5 Å². The van der Waals surface area contributed by atoms with E-state index in [1.165, 1.54) is 5.56 Å². The third kappa shape index (κ3) is 3.79. The van der Waals surface area contributed by atoms with Crippen LogP contribution in [0.5, 0.6) is 0 Å². The highest BCUT2D eigenvalue weighted by Crippen LogP contribution is 2.30. The molecule has 1 aliphatic rings. The van der Waals surface area contributed by atoms with Crippen molar-refractivity contribution < 1.29 is 4.79 Å². The van der Waals surface area contributed by atoms with Crippen LogP contribution in [0.2, 0.25) is 0 Å². The number of hydrogen-bond acceptors (Lipinski definition) is 4. The molecule has 2 aromatic rings. The SMILES string of the molecule is CC(=O)c1ccc(C#N)cc1N1CCN(Cc2ccccc2)C(C)(C)C1. The topological polar surface area (TPSA) is 47.3 Å². The van der Waals surface area contributed by atoms with Gasteiger partial charge in [-0.15, -0.1) is 0 Å². The van der Waals surface area contributed by atoms with Gasteiger partial charge in [-0.1, -0.05) is 30.3 Å². The molecule has 3 rings (SSSR count). The first-order valence-electron chi connectivity index (χ1n) is 9.00. The summed E-state index contributed by atoms with van der Waals surface area (Å²) in [4.78, 5) is 16.8. The van der Waals surface area contributed by atoms with E-state index in [9.17, 15) is 10.1 Å². The lowest BCUT2D eigenvalue weighted by atomic mass is 9.95. The van der Waals surface area contributed by atoms with E-state index in [0.717, 1.165) is 31.9 Å². The van der Waals surface area contributed by atoms with Crippen molar-refractivity contribution in [3.8, 4) is 6.07 Å². The molecule has 0 spiro atoms. The fourth-order valence-electron chi connectivity index (χ4n) is 3.65. The number of rotatable bonds is 4. The predicted molar refractivity (Wildman–Crippen MR) is 104 cm³/mol. The number of Topliss-reactive ketones (excluding diaryl/α,β-unsaturated/α-hetero) is 1. The lowest BCUT2D eigenvalue weighted by Gasteiger charge is -2.48. The molecule has 0 aromatic heterocycles. The van der Waals surface area contributed by atoms with Gasteiger partial charge in [0.05, 0.1) is 11.6 Å². The summed E-state index contributed by atoms with van der Waals surface area (Å²) >= 11 is 0. The molecule has 1 aliphatic heterocycles. The van der Waals surface area contributed by atoms with Crippen LogP contribution in [0.15, 0.2) is 48.5 Å². The molecule has 2 aromatic carbocycles. The van der Waals surface area contributed by atoms with Gasteiger partial charge in [0, 0.05) is 43.0 Å². The number of hydrogen-bond donors (Lipinski definition) is 0. The molecule has 0 radical (unpaired) electrons. The number of carbonyl (C=O) groups is 1. The molecule has 0 saturated carbocycles. The number of nitriles is 1. The van der Waals surface area contributed by atoms with Gasteiger partial charge in [0.1, 0.15) is 0 Å². The molecular weight excluding hydrogens is 322 g/mol. The second-order valence-electron chi connectivity index (χ2n) is 7.54. The fourth-order valence-corrected chi connectivity index (χ4v) is 3.65. The van der Waals surface area contributed by atoms with Crippen molar-refractivity contribution in [3.05, 3.63) is 65.2 Å². The van der Waals surface area contributed by atoms with Crippen LogP contribution >= 0.6 is 0 Å². The second-order valence-corrected chi connectivity index (χ2v) is 7.54. The highest BCUT2D eigenvalue weighted by atomic mass is 16.1. The number of ketones is 1. The van der Waals surface area contributed by atoms with E-state index < -0.39 is 0 Å². The van der Waals surface area contributed by atoms with Crippen LogP contribution in [0.25, 0.3) is 0 Å². The monoisotopic (exact) mass is 347 g/mol. The lowest BCUT2D eigenvalue weighted by Crippen LogP contribution is -2.59. The molecule has 0 amide bonds. The summed E-state index contributed by atoms with van der Waals surface area (Å²) in [7, 11) is 0. The van der Waals surface area contributed by atoms with Crippen molar-refractivity contribution in [1.29, 1.82) is 5.26 Å². The molecule has 0 atom stereocenters. The number of benzene rings is 2. The largest absolute Gasteiger partial charge is 0.368 e. The summed E-state index contributed by atoms with van der Waals surface area (Å²) < 4.78 is 0. The Morgan fingerprint density at radius 1 is 1.15 bits per heavy atom. The Hall–Kier alpha value is -2.64. The highest BCUT2D eigenvalue weighted by Gasteiger charge is 2.34. The molecule has 0 unspecified atom stereocenters. The highest BCUT2D eigenvalue weighted by molar-refractivity contribution is 6.00. The number of nitrogens with zero attached hydrogens (tertiary/aromatic N) is 3. The summed E-state index contributed by atoms with van der Waals surface area (Å²) in [6, 6.07) is 18.0. The second kappa shape index (κ2) is 7.31. The van der Waals surface area contributed by atoms with Crippen LogP contribution in [0, 0.1) is 11.3 Å². The average Bonchev–Trinajstić information content (AvgIpc) is 2.63. The Morgan fingerprint density at radius 2 is 1.88 bits per heavy atom. The maximum Gasteiger partial charge on any atom is 0.161 e. The predicted octanol–water partition coefficient (Wildman–Crippen LogP) is 3.86. The molecule has 1 saturated heterocycles. The Bertz CT molecular complexity index is 836. The van der Waals surface area contributed by atoms with Gasteiger partial charge in [0.15, 0.2) is 5.78 Å². The minimum absolute atomic E-state index is 0.0361. The normalized spacial score (nSPS) is 16.9. The van der Waals surface area contributed by atoms with Crippen molar-refractivity contribution in [2.24, 2.45) is 0 Å². The molecule has 4 heteroatoms. The molecule has 0 bridgehead atoms. The minimum atomic E-state index is -0.0369. The van der Waals surface area contributed by atoms with E-state index in [-0.39, 0.29) is 11.3 Å². The first-order chi connectivity index (χ1) is 12.4. The zero-order chi connectivity index (χ0) is 18.7. The Morgan fingerprint density at radius 3 is 2.50 bits per heavy atom. The van der Waals surface area contributed by atoms with Crippen molar-refractivity contribution in [2.45, 2.75) is 32.9 Å². The van der Waals surface area contributed by atoms with Gasteiger partial charge in [-0.2, -0.15) is 5.26 Å². The lowest BCUT2D eigenvalue weighted by molar-refractivity contribution is 0.0954.